The highest BCUT2D eigenvalue weighted by atomic mass is 35.5. The van der Waals surface area contributed by atoms with Crippen LogP contribution in [0.4, 0.5) is 0 Å². The molecule has 5 nitrogen and oxygen atoms in total. The molecule has 1 atom stereocenters. The summed E-state index contributed by atoms with van der Waals surface area (Å²) < 4.78 is 23.2. The fourth-order valence-corrected chi connectivity index (χ4v) is 3.09. The molecule has 0 aliphatic heterocycles. The van der Waals surface area contributed by atoms with Gasteiger partial charge < -0.3 is 5.32 Å². The number of rotatable bonds is 5. The Morgan fingerprint density at radius 2 is 1.95 bits per heavy atom. The molecule has 22 heavy (non-hydrogen) atoms. The molecule has 0 bridgehead atoms. The van der Waals surface area contributed by atoms with E-state index >= 15 is 0 Å². The number of sulfone groups is 1. The van der Waals surface area contributed by atoms with E-state index < -0.39 is 21.8 Å². The maximum absolute atomic E-state index is 12.3. The van der Waals surface area contributed by atoms with Crippen LogP contribution in [0.25, 0.3) is 0 Å². The van der Waals surface area contributed by atoms with Gasteiger partial charge in [0.15, 0.2) is 0 Å². The van der Waals surface area contributed by atoms with Gasteiger partial charge in [-0.3, -0.25) is 9.78 Å². The van der Waals surface area contributed by atoms with E-state index in [0.717, 1.165) is 6.26 Å². The standard InChI is InChI=1S/C15H15ClN2O3S/c1-22(20,21)10-14(11-5-3-2-4-6-11)18-15(19)12-7-8-17-9-13(12)16/h2-9,14H,10H2,1H3,(H,18,19). The minimum atomic E-state index is -3.27. The predicted molar refractivity (Wildman–Crippen MR) is 85.6 cm³/mol. The summed E-state index contributed by atoms with van der Waals surface area (Å²) in [4.78, 5) is 16.1. The average Bonchev–Trinajstić information content (AvgIpc) is 2.46. The minimum absolute atomic E-state index is 0.189. The van der Waals surface area contributed by atoms with Gasteiger partial charge in [0.2, 0.25) is 0 Å². The lowest BCUT2D eigenvalue weighted by atomic mass is 10.1. The first-order valence-corrected chi connectivity index (χ1v) is 8.94. The number of amides is 1. The van der Waals surface area contributed by atoms with Gasteiger partial charge in [0.05, 0.1) is 22.4 Å². The summed E-state index contributed by atoms with van der Waals surface area (Å²) in [6.07, 6.45) is 3.95. The van der Waals surface area contributed by atoms with Crippen molar-refractivity contribution in [1.82, 2.24) is 10.3 Å². The summed E-state index contributed by atoms with van der Waals surface area (Å²) in [6.45, 7) is 0. The second-order valence-electron chi connectivity index (χ2n) is 4.88. The van der Waals surface area contributed by atoms with E-state index in [2.05, 4.69) is 10.3 Å². The number of pyridine rings is 1. The zero-order chi connectivity index (χ0) is 16.2. The minimum Gasteiger partial charge on any atom is -0.344 e. The van der Waals surface area contributed by atoms with Crippen molar-refractivity contribution in [2.75, 3.05) is 12.0 Å². The van der Waals surface area contributed by atoms with Gasteiger partial charge >= 0.3 is 0 Å². The molecule has 0 spiro atoms. The maximum atomic E-state index is 12.3. The Labute approximate surface area is 134 Å². The Balaban J connectivity index is 2.27. The van der Waals surface area contributed by atoms with E-state index in [1.54, 1.807) is 24.3 Å². The molecule has 1 aromatic heterocycles. The highest BCUT2D eigenvalue weighted by molar-refractivity contribution is 7.90. The van der Waals surface area contributed by atoms with Crippen molar-refractivity contribution in [3.05, 3.63) is 64.9 Å². The Morgan fingerprint density at radius 1 is 1.27 bits per heavy atom. The second-order valence-corrected chi connectivity index (χ2v) is 7.48. The number of hydrogen-bond donors (Lipinski definition) is 1. The lowest BCUT2D eigenvalue weighted by Crippen LogP contribution is -2.33. The molecule has 1 N–H and O–H groups in total. The van der Waals surface area contributed by atoms with Crippen LogP contribution in [0.1, 0.15) is 22.0 Å². The summed E-state index contributed by atoms with van der Waals surface area (Å²) in [5.74, 6) is -0.629. The lowest BCUT2D eigenvalue weighted by molar-refractivity contribution is 0.0940. The van der Waals surface area contributed by atoms with Crippen LogP contribution in [0.2, 0.25) is 5.02 Å². The first-order chi connectivity index (χ1) is 10.4. The van der Waals surface area contributed by atoms with Crippen molar-refractivity contribution in [2.24, 2.45) is 0 Å². The van der Waals surface area contributed by atoms with Gasteiger partial charge in [0, 0.05) is 18.6 Å². The normalized spacial score (nSPS) is 12.6. The van der Waals surface area contributed by atoms with E-state index in [1.807, 2.05) is 6.07 Å². The number of carbonyl (C=O) groups excluding carboxylic acids is 1. The topological polar surface area (TPSA) is 76.1 Å². The Bertz CT molecular complexity index is 763. The summed E-state index contributed by atoms with van der Waals surface area (Å²) >= 11 is 5.94. The maximum Gasteiger partial charge on any atom is 0.253 e. The molecule has 2 rings (SSSR count). The molecule has 0 saturated carbocycles. The molecule has 2 aromatic rings. The molecule has 1 aromatic carbocycles. The second kappa shape index (κ2) is 6.89. The molecule has 0 aliphatic carbocycles. The molecule has 116 valence electrons. The van der Waals surface area contributed by atoms with Crippen LogP contribution in [-0.4, -0.2) is 31.3 Å². The zero-order valence-corrected chi connectivity index (χ0v) is 13.4. The molecule has 1 heterocycles. The smallest absolute Gasteiger partial charge is 0.253 e. The Hall–Kier alpha value is -1.92. The number of nitrogens with one attached hydrogen (secondary N) is 1. The predicted octanol–water partition coefficient (Wildman–Crippen LogP) is 2.25. The van der Waals surface area contributed by atoms with Crippen LogP contribution in [0.3, 0.4) is 0 Å². The number of nitrogens with zero attached hydrogens (tertiary/aromatic N) is 1. The summed E-state index contributed by atoms with van der Waals surface area (Å²) in [7, 11) is -3.27. The van der Waals surface area contributed by atoms with Crippen molar-refractivity contribution >= 4 is 27.3 Å². The molecule has 0 fully saturated rings. The van der Waals surface area contributed by atoms with Gasteiger partial charge in [0.25, 0.3) is 5.91 Å². The number of aromatic nitrogens is 1. The van der Waals surface area contributed by atoms with E-state index in [0.29, 0.717) is 5.56 Å². The van der Waals surface area contributed by atoms with Crippen molar-refractivity contribution in [2.45, 2.75) is 6.04 Å². The fourth-order valence-electron chi connectivity index (χ4n) is 2.00. The van der Waals surface area contributed by atoms with E-state index in [1.165, 1.54) is 18.5 Å². The van der Waals surface area contributed by atoms with Gasteiger partial charge in [0.1, 0.15) is 9.84 Å². The zero-order valence-electron chi connectivity index (χ0n) is 11.9. The van der Waals surface area contributed by atoms with E-state index in [9.17, 15) is 13.2 Å². The Morgan fingerprint density at radius 3 is 2.55 bits per heavy atom. The molecule has 0 radical (unpaired) electrons. The van der Waals surface area contributed by atoms with Crippen molar-refractivity contribution in [1.29, 1.82) is 0 Å². The van der Waals surface area contributed by atoms with Crippen molar-refractivity contribution in [3.8, 4) is 0 Å². The third kappa shape index (κ3) is 4.54. The highest BCUT2D eigenvalue weighted by Gasteiger charge is 2.21. The van der Waals surface area contributed by atoms with Gasteiger partial charge in [-0.25, -0.2) is 8.42 Å². The van der Waals surface area contributed by atoms with Crippen LogP contribution in [0.5, 0.6) is 0 Å². The number of benzene rings is 1. The quantitative estimate of drug-likeness (QED) is 0.907. The van der Waals surface area contributed by atoms with Crippen LogP contribution in [0.15, 0.2) is 48.8 Å². The van der Waals surface area contributed by atoms with Crippen LogP contribution in [0, 0.1) is 0 Å². The first kappa shape index (κ1) is 16.5. The van der Waals surface area contributed by atoms with Crippen LogP contribution < -0.4 is 5.32 Å². The Kier molecular flexibility index (Phi) is 5.15. The summed E-state index contributed by atoms with van der Waals surface area (Å²) in [5, 5.41) is 2.93. The third-order valence-electron chi connectivity index (χ3n) is 2.99. The third-order valence-corrected chi connectivity index (χ3v) is 4.23. The van der Waals surface area contributed by atoms with E-state index in [4.69, 9.17) is 11.6 Å². The SMILES string of the molecule is CS(=O)(=O)CC(NC(=O)c1ccncc1Cl)c1ccccc1. The van der Waals surface area contributed by atoms with Crippen LogP contribution >= 0.6 is 11.6 Å². The van der Waals surface area contributed by atoms with Crippen molar-refractivity contribution < 1.29 is 13.2 Å². The number of halogens is 1. The highest BCUT2D eigenvalue weighted by Crippen LogP contribution is 2.18. The molecule has 0 aliphatic rings. The molecular formula is C15H15ClN2O3S. The number of carbonyl (C=O) groups is 1. The van der Waals surface area contributed by atoms with Gasteiger partial charge in [-0.2, -0.15) is 0 Å². The fraction of sp³-hybridized carbons (Fsp3) is 0.200. The monoisotopic (exact) mass is 338 g/mol. The average molecular weight is 339 g/mol. The molecule has 7 heteroatoms. The lowest BCUT2D eigenvalue weighted by Gasteiger charge is -2.18. The summed E-state index contributed by atoms with van der Waals surface area (Å²) in [5.41, 5.74) is 0.970. The molecular weight excluding hydrogens is 324 g/mol. The van der Waals surface area contributed by atoms with Gasteiger partial charge in [-0.1, -0.05) is 41.9 Å². The summed E-state index contributed by atoms with van der Waals surface area (Å²) in [6, 6.07) is 9.77. The molecule has 0 saturated heterocycles. The van der Waals surface area contributed by atoms with Crippen LogP contribution in [-0.2, 0) is 9.84 Å². The van der Waals surface area contributed by atoms with Gasteiger partial charge in [-0.15, -0.1) is 0 Å². The van der Waals surface area contributed by atoms with Gasteiger partial charge in [-0.05, 0) is 11.6 Å². The largest absolute Gasteiger partial charge is 0.344 e. The number of hydrogen-bond acceptors (Lipinski definition) is 4. The molecule has 1 unspecified atom stereocenters. The molecule has 1 amide bonds. The first-order valence-electron chi connectivity index (χ1n) is 6.50. The van der Waals surface area contributed by atoms with Crippen molar-refractivity contribution in [3.63, 3.8) is 0 Å². The van der Waals surface area contributed by atoms with E-state index in [-0.39, 0.29) is 16.3 Å².